The second-order valence-corrected chi connectivity index (χ2v) is 13.4. The van der Waals surface area contributed by atoms with Crippen LogP contribution in [0.15, 0.2) is 64.3 Å². The van der Waals surface area contributed by atoms with Crippen molar-refractivity contribution in [1.29, 1.82) is 0 Å². The monoisotopic (exact) mass is 637 g/mol. The number of nitrogens with one attached hydrogen (secondary N) is 1. The van der Waals surface area contributed by atoms with E-state index in [0.29, 0.717) is 40.1 Å². The molecule has 2 N–H and O–H groups in total. The Morgan fingerprint density at radius 3 is 2.47 bits per heavy atom. The molecule has 0 spiro atoms. The van der Waals surface area contributed by atoms with Crippen molar-refractivity contribution in [3.63, 3.8) is 0 Å². The molecule has 0 unspecified atom stereocenters. The van der Waals surface area contributed by atoms with E-state index in [2.05, 4.69) is 42.6 Å². The average Bonchev–Trinajstić information content (AvgIpc) is 3.62. The van der Waals surface area contributed by atoms with Crippen molar-refractivity contribution in [2.75, 3.05) is 30.4 Å². The Morgan fingerprint density at radius 2 is 1.81 bits per heavy atom. The number of halogens is 1. The number of aliphatic hydroxyl groups excluding tert-OH is 1. The molecule has 3 aromatic heterocycles. The first kappa shape index (κ1) is 30.6. The first-order chi connectivity index (χ1) is 22.4. The molecule has 13 heteroatoms. The maximum absolute atomic E-state index is 15.4. The van der Waals surface area contributed by atoms with Gasteiger partial charge in [-0.3, -0.25) is 14.5 Å². The van der Waals surface area contributed by atoms with Crippen molar-refractivity contribution in [3.05, 3.63) is 92.4 Å². The van der Waals surface area contributed by atoms with Crippen LogP contribution in [-0.2, 0) is 19.1 Å². The summed E-state index contributed by atoms with van der Waals surface area (Å²) >= 11 is 0. The zero-order valence-electron chi connectivity index (χ0n) is 26.9. The summed E-state index contributed by atoms with van der Waals surface area (Å²) in [5.74, 6) is 0.558. The number of anilines is 3. The summed E-state index contributed by atoms with van der Waals surface area (Å²) in [6.45, 7) is 7.34. The molecule has 0 radical (unpaired) electrons. The third kappa shape index (κ3) is 5.34. The molecule has 2 aliphatic rings. The number of piperazine rings is 1. The number of hydrogen-bond acceptors (Lipinski definition) is 10. The maximum atomic E-state index is 15.4. The van der Waals surface area contributed by atoms with Gasteiger partial charge in [-0.15, -0.1) is 10.2 Å². The van der Waals surface area contributed by atoms with Gasteiger partial charge in [0.05, 0.1) is 29.6 Å². The first-order valence-corrected chi connectivity index (χ1v) is 15.5. The van der Waals surface area contributed by atoms with Gasteiger partial charge in [0.15, 0.2) is 11.6 Å². The zero-order chi connectivity index (χ0) is 33.2. The molecule has 0 amide bonds. The van der Waals surface area contributed by atoms with Gasteiger partial charge in [-0.1, -0.05) is 32.9 Å². The lowest BCUT2D eigenvalue weighted by Crippen LogP contribution is -2.44. The topological polar surface area (TPSA) is 134 Å². The molecule has 0 aliphatic carbocycles. The molecule has 7 rings (SSSR count). The van der Waals surface area contributed by atoms with Crippen molar-refractivity contribution in [2.45, 2.75) is 51.3 Å². The number of hydrogen-bond donors (Lipinski definition) is 2. The van der Waals surface area contributed by atoms with E-state index in [9.17, 15) is 14.7 Å². The van der Waals surface area contributed by atoms with E-state index in [1.807, 2.05) is 26.8 Å². The van der Waals surface area contributed by atoms with Gasteiger partial charge in [0.1, 0.15) is 11.5 Å². The molecular weight excluding hydrogens is 601 g/mol. The Labute approximate surface area is 270 Å². The van der Waals surface area contributed by atoms with Gasteiger partial charge in [-0.05, 0) is 60.8 Å². The Kier molecular flexibility index (Phi) is 7.40. The van der Waals surface area contributed by atoms with Gasteiger partial charge < -0.3 is 15.3 Å². The summed E-state index contributed by atoms with van der Waals surface area (Å²) in [4.78, 5) is 31.4. The minimum Gasteiger partial charge on any atom is -0.392 e. The molecule has 0 saturated carbocycles. The minimum atomic E-state index is -0.654. The number of nitrogens with zero attached hydrogens (tertiary/aromatic N) is 8. The van der Waals surface area contributed by atoms with E-state index in [4.69, 9.17) is 0 Å². The number of aliphatic hydroxyl groups is 1. The highest BCUT2D eigenvalue weighted by molar-refractivity contribution is 5.83. The number of benzene rings is 2. The SMILES string of the molecule is CN1C[C@@H]2C[C@H]1CN2c1ccc(Nc2cc(-c3cccc(-n4ncc5cc(C(C)(C)C)cc(F)c5c4=O)c3CO)nn(C)c2=O)nn1. The first-order valence-electron chi connectivity index (χ1n) is 15.5. The molecule has 5 heterocycles. The Bertz CT molecular complexity index is 2140. The predicted octanol–water partition coefficient (Wildman–Crippen LogP) is 3.50. The fraction of sp³-hybridized carbons (Fsp3) is 0.353. The number of fused-ring (bicyclic) bond motifs is 3. The van der Waals surface area contributed by atoms with E-state index >= 15 is 4.39 Å². The predicted molar refractivity (Wildman–Crippen MR) is 178 cm³/mol. The smallest absolute Gasteiger partial charge is 0.290 e. The molecule has 2 aliphatic heterocycles. The maximum Gasteiger partial charge on any atom is 0.290 e. The normalized spacial score (nSPS) is 18.0. The van der Waals surface area contributed by atoms with Gasteiger partial charge in [0.25, 0.3) is 11.1 Å². The molecule has 242 valence electrons. The van der Waals surface area contributed by atoms with Crippen LogP contribution in [0.4, 0.5) is 21.7 Å². The largest absolute Gasteiger partial charge is 0.392 e. The third-order valence-electron chi connectivity index (χ3n) is 9.30. The van der Waals surface area contributed by atoms with Crippen molar-refractivity contribution >= 4 is 28.1 Å². The van der Waals surface area contributed by atoms with Crippen LogP contribution in [0, 0.1) is 5.82 Å². The van der Waals surface area contributed by atoms with Crippen LogP contribution < -0.4 is 21.3 Å². The Morgan fingerprint density at radius 1 is 1.00 bits per heavy atom. The number of aromatic nitrogens is 6. The Hall–Kier alpha value is -5.01. The molecule has 2 aromatic carbocycles. The van der Waals surface area contributed by atoms with E-state index < -0.39 is 23.5 Å². The molecule has 2 saturated heterocycles. The standard InChI is InChI=1S/C34H36FN9O3/c1-34(2,3)20-11-19-15-36-44(33(47)31(19)25(35)12-20)28-8-6-7-23(24(28)18-45)26-14-27(32(46)42(5)40-26)37-29-9-10-30(39-38-29)43-17-21-13-22(43)16-41(21)4/h6-12,14-15,21-22,45H,13,16-18H2,1-5H3,(H,37,38)/t21-,22-/m0/s1. The third-order valence-corrected chi connectivity index (χ3v) is 9.30. The average molecular weight is 638 g/mol. The summed E-state index contributed by atoms with van der Waals surface area (Å²) in [6.07, 6.45) is 2.57. The summed E-state index contributed by atoms with van der Waals surface area (Å²) in [5.41, 5.74) is 1.02. The fourth-order valence-corrected chi connectivity index (χ4v) is 6.68. The number of likely N-dealkylation sites (N-methyl/N-ethyl adjacent to an activating group) is 1. The molecule has 2 fully saturated rings. The van der Waals surface area contributed by atoms with Gasteiger partial charge in [0, 0.05) is 48.7 Å². The molecule has 5 aromatic rings. The highest BCUT2D eigenvalue weighted by atomic mass is 19.1. The van der Waals surface area contributed by atoms with Crippen LogP contribution >= 0.6 is 0 Å². The number of likely N-dealkylation sites (tertiary alicyclic amines) is 1. The van der Waals surface area contributed by atoms with Crippen LogP contribution in [0.5, 0.6) is 0 Å². The highest BCUT2D eigenvalue weighted by Crippen LogP contribution is 2.33. The number of aryl methyl sites for hydroxylation is 1. The van der Waals surface area contributed by atoms with Crippen molar-refractivity contribution < 1.29 is 9.50 Å². The molecule has 47 heavy (non-hydrogen) atoms. The summed E-state index contributed by atoms with van der Waals surface area (Å²) < 4.78 is 17.6. The van der Waals surface area contributed by atoms with E-state index in [1.54, 1.807) is 36.4 Å². The van der Waals surface area contributed by atoms with Crippen molar-refractivity contribution in [2.24, 2.45) is 7.05 Å². The quantitative estimate of drug-likeness (QED) is 0.285. The highest BCUT2D eigenvalue weighted by Gasteiger charge is 2.42. The summed E-state index contributed by atoms with van der Waals surface area (Å²) in [7, 11) is 3.67. The Balaban J connectivity index is 1.23. The lowest BCUT2D eigenvalue weighted by molar-refractivity contribution is 0.281. The van der Waals surface area contributed by atoms with Crippen molar-refractivity contribution in [1.82, 2.24) is 34.7 Å². The van der Waals surface area contributed by atoms with Crippen LogP contribution in [0.2, 0.25) is 0 Å². The molecule has 12 nitrogen and oxygen atoms in total. The summed E-state index contributed by atoms with van der Waals surface area (Å²) in [5, 5.41) is 31.5. The van der Waals surface area contributed by atoms with E-state index in [1.165, 1.54) is 24.0 Å². The summed E-state index contributed by atoms with van der Waals surface area (Å²) in [6, 6.07) is 14.4. The number of rotatable bonds is 6. The van der Waals surface area contributed by atoms with Crippen LogP contribution in [0.1, 0.15) is 38.3 Å². The molecular formula is C34H36FN9O3. The van der Waals surface area contributed by atoms with E-state index in [-0.39, 0.29) is 22.2 Å². The fourth-order valence-electron chi connectivity index (χ4n) is 6.68. The lowest BCUT2D eigenvalue weighted by Gasteiger charge is -2.32. The lowest BCUT2D eigenvalue weighted by atomic mass is 9.86. The van der Waals surface area contributed by atoms with E-state index in [0.717, 1.165) is 35.6 Å². The van der Waals surface area contributed by atoms with Gasteiger partial charge in [-0.25, -0.2) is 9.07 Å². The second kappa shape index (κ2) is 11.4. The minimum absolute atomic E-state index is 0.0919. The van der Waals surface area contributed by atoms with Crippen LogP contribution in [0.25, 0.3) is 27.7 Å². The molecule has 2 bridgehead atoms. The van der Waals surface area contributed by atoms with Crippen LogP contribution in [0.3, 0.4) is 0 Å². The van der Waals surface area contributed by atoms with Crippen LogP contribution in [-0.4, -0.2) is 72.0 Å². The second-order valence-electron chi connectivity index (χ2n) is 13.4. The van der Waals surface area contributed by atoms with Gasteiger partial charge in [0.2, 0.25) is 0 Å². The zero-order valence-corrected chi connectivity index (χ0v) is 26.9. The molecule has 2 atom stereocenters. The van der Waals surface area contributed by atoms with Crippen molar-refractivity contribution in [3.8, 4) is 16.9 Å². The van der Waals surface area contributed by atoms with Gasteiger partial charge >= 0.3 is 0 Å². The van der Waals surface area contributed by atoms with Gasteiger partial charge in [-0.2, -0.15) is 14.9 Å².